The molecule has 2 rings (SSSR count). The van der Waals surface area contributed by atoms with E-state index in [2.05, 4.69) is 10.1 Å². The fourth-order valence-corrected chi connectivity index (χ4v) is 3.26. The van der Waals surface area contributed by atoms with E-state index < -0.39 is 0 Å². The summed E-state index contributed by atoms with van der Waals surface area (Å²) in [5, 5.41) is 4.57. The maximum absolute atomic E-state index is 12.9. The standard InChI is InChI=1S/C17H23ClN4O3S/c1-13(11-26-3)17(23)21(7-8-25-12-24-2)15-10-22(20-16(15)18)14-5-4-6-19-9-14/h4-6,9-10,13H,7-8,11-12H2,1-3H3. The van der Waals surface area contributed by atoms with Gasteiger partial charge in [-0.1, -0.05) is 18.5 Å². The van der Waals surface area contributed by atoms with Crippen LogP contribution in [0.4, 0.5) is 5.69 Å². The molecule has 1 atom stereocenters. The zero-order chi connectivity index (χ0) is 18.9. The number of thioether (sulfide) groups is 1. The van der Waals surface area contributed by atoms with Gasteiger partial charge in [-0.25, -0.2) is 4.68 Å². The van der Waals surface area contributed by atoms with Crippen LogP contribution in [0.2, 0.25) is 5.15 Å². The molecule has 0 bridgehead atoms. The third-order valence-corrected chi connectivity index (χ3v) is 4.72. The summed E-state index contributed by atoms with van der Waals surface area (Å²) in [7, 11) is 1.55. The van der Waals surface area contributed by atoms with Gasteiger partial charge in [0, 0.05) is 31.5 Å². The predicted molar refractivity (Wildman–Crippen MR) is 104 cm³/mol. The molecule has 1 amide bonds. The van der Waals surface area contributed by atoms with Gasteiger partial charge in [-0.2, -0.15) is 16.9 Å². The number of anilines is 1. The van der Waals surface area contributed by atoms with Crippen LogP contribution in [0, 0.1) is 5.92 Å². The van der Waals surface area contributed by atoms with Gasteiger partial charge in [0.1, 0.15) is 12.5 Å². The first kappa shape index (κ1) is 20.7. The van der Waals surface area contributed by atoms with Crippen LogP contribution >= 0.6 is 23.4 Å². The number of aromatic nitrogens is 3. The van der Waals surface area contributed by atoms with Gasteiger partial charge in [0.05, 0.1) is 24.7 Å². The number of pyridine rings is 1. The van der Waals surface area contributed by atoms with Gasteiger partial charge in [-0.3, -0.25) is 9.78 Å². The molecular weight excluding hydrogens is 376 g/mol. The summed E-state index contributed by atoms with van der Waals surface area (Å²) < 4.78 is 11.8. The molecule has 0 radical (unpaired) electrons. The van der Waals surface area contributed by atoms with E-state index in [-0.39, 0.29) is 23.8 Å². The Morgan fingerprint density at radius 1 is 1.50 bits per heavy atom. The van der Waals surface area contributed by atoms with Gasteiger partial charge >= 0.3 is 0 Å². The maximum Gasteiger partial charge on any atom is 0.230 e. The summed E-state index contributed by atoms with van der Waals surface area (Å²) in [6.07, 6.45) is 7.07. The number of hydrogen-bond acceptors (Lipinski definition) is 6. The Labute approximate surface area is 162 Å². The lowest BCUT2D eigenvalue weighted by molar-refractivity contribution is -0.121. The molecule has 0 N–H and O–H groups in total. The highest BCUT2D eigenvalue weighted by Gasteiger charge is 2.25. The number of ether oxygens (including phenoxy) is 2. The molecule has 2 aromatic heterocycles. The van der Waals surface area contributed by atoms with Gasteiger partial charge in [0.2, 0.25) is 5.91 Å². The lowest BCUT2D eigenvalue weighted by Crippen LogP contribution is -2.38. The molecule has 0 spiro atoms. The Hall–Kier alpha value is -1.61. The number of nitrogens with zero attached hydrogens (tertiary/aromatic N) is 4. The summed E-state index contributed by atoms with van der Waals surface area (Å²) in [6.45, 7) is 2.77. The van der Waals surface area contributed by atoms with Crippen LogP contribution in [0.25, 0.3) is 5.69 Å². The molecule has 0 fully saturated rings. The molecule has 0 aliphatic heterocycles. The molecule has 0 aromatic carbocycles. The molecule has 2 aromatic rings. The van der Waals surface area contributed by atoms with E-state index in [0.717, 1.165) is 11.4 Å². The Bertz CT molecular complexity index is 699. The highest BCUT2D eigenvalue weighted by atomic mass is 35.5. The second kappa shape index (κ2) is 10.5. The average Bonchev–Trinajstić information content (AvgIpc) is 3.04. The Morgan fingerprint density at radius 3 is 2.96 bits per heavy atom. The van der Waals surface area contributed by atoms with Crippen LogP contribution in [0.5, 0.6) is 0 Å². The first-order chi connectivity index (χ1) is 12.6. The minimum atomic E-state index is -0.148. The van der Waals surface area contributed by atoms with Crippen molar-refractivity contribution >= 4 is 35.0 Å². The summed E-state index contributed by atoms with van der Waals surface area (Å²) in [4.78, 5) is 18.6. The second-order valence-electron chi connectivity index (χ2n) is 5.62. The van der Waals surface area contributed by atoms with Gasteiger partial charge in [0.25, 0.3) is 0 Å². The third kappa shape index (κ3) is 5.44. The van der Waals surface area contributed by atoms with Gasteiger partial charge < -0.3 is 14.4 Å². The first-order valence-corrected chi connectivity index (χ1v) is 9.88. The van der Waals surface area contributed by atoms with E-state index in [1.54, 1.807) is 47.0 Å². The molecule has 0 aliphatic carbocycles. The van der Waals surface area contributed by atoms with E-state index in [1.165, 1.54) is 0 Å². The molecule has 0 aliphatic rings. The van der Waals surface area contributed by atoms with Crippen molar-refractivity contribution in [1.82, 2.24) is 14.8 Å². The van der Waals surface area contributed by atoms with Gasteiger partial charge in [-0.05, 0) is 18.4 Å². The van der Waals surface area contributed by atoms with Crippen molar-refractivity contribution in [1.29, 1.82) is 0 Å². The summed E-state index contributed by atoms with van der Waals surface area (Å²) >= 11 is 7.97. The van der Waals surface area contributed by atoms with Gasteiger partial charge in [-0.15, -0.1) is 0 Å². The number of carbonyl (C=O) groups is 1. The Balaban J connectivity index is 2.26. The molecule has 0 saturated carbocycles. The number of methoxy groups -OCH3 is 1. The van der Waals surface area contributed by atoms with Gasteiger partial charge in [0.15, 0.2) is 5.15 Å². The summed E-state index contributed by atoms with van der Waals surface area (Å²) in [5.74, 6) is 0.557. The van der Waals surface area contributed by atoms with Crippen molar-refractivity contribution in [2.75, 3.05) is 44.0 Å². The van der Waals surface area contributed by atoms with Crippen molar-refractivity contribution in [3.63, 3.8) is 0 Å². The molecule has 1 unspecified atom stereocenters. The van der Waals surface area contributed by atoms with Crippen molar-refractivity contribution in [3.05, 3.63) is 35.9 Å². The molecule has 9 heteroatoms. The molecule has 2 heterocycles. The Morgan fingerprint density at radius 2 is 2.31 bits per heavy atom. The predicted octanol–water partition coefficient (Wildman–Crippen LogP) is 2.87. The van der Waals surface area contributed by atoms with Crippen LogP contribution in [-0.4, -0.2) is 59.7 Å². The van der Waals surface area contributed by atoms with E-state index in [0.29, 0.717) is 18.8 Å². The molecule has 0 saturated heterocycles. The maximum atomic E-state index is 12.9. The van der Waals surface area contributed by atoms with E-state index >= 15 is 0 Å². The zero-order valence-corrected chi connectivity index (χ0v) is 16.7. The fraction of sp³-hybridized carbons (Fsp3) is 0.471. The van der Waals surface area contributed by atoms with Crippen molar-refractivity contribution in [2.45, 2.75) is 6.92 Å². The second-order valence-corrected chi connectivity index (χ2v) is 6.89. The summed E-state index contributed by atoms with van der Waals surface area (Å²) in [5.41, 5.74) is 1.32. The smallest absolute Gasteiger partial charge is 0.230 e. The summed E-state index contributed by atoms with van der Waals surface area (Å²) in [6, 6.07) is 3.68. The molecule has 26 heavy (non-hydrogen) atoms. The highest BCUT2D eigenvalue weighted by Crippen LogP contribution is 2.27. The number of carbonyl (C=O) groups excluding carboxylic acids is 1. The Kier molecular flexibility index (Phi) is 8.37. The van der Waals surface area contributed by atoms with Crippen LogP contribution in [0.15, 0.2) is 30.7 Å². The lowest BCUT2D eigenvalue weighted by atomic mass is 10.2. The lowest BCUT2D eigenvalue weighted by Gasteiger charge is -2.24. The largest absolute Gasteiger partial charge is 0.359 e. The topological polar surface area (TPSA) is 69.5 Å². The fourth-order valence-electron chi connectivity index (χ4n) is 2.38. The highest BCUT2D eigenvalue weighted by molar-refractivity contribution is 7.98. The minimum Gasteiger partial charge on any atom is -0.359 e. The van der Waals surface area contributed by atoms with Crippen molar-refractivity contribution in [2.24, 2.45) is 5.92 Å². The molecular formula is C17H23ClN4O3S. The molecule has 142 valence electrons. The normalized spacial score (nSPS) is 12.2. The SMILES string of the molecule is COCOCCN(C(=O)C(C)CSC)c1cn(-c2cccnc2)nc1Cl. The van der Waals surface area contributed by atoms with E-state index in [4.69, 9.17) is 21.1 Å². The number of halogens is 1. The van der Waals surface area contributed by atoms with Crippen LogP contribution < -0.4 is 4.90 Å². The quantitative estimate of drug-likeness (QED) is 0.452. The number of amides is 1. The zero-order valence-electron chi connectivity index (χ0n) is 15.1. The van der Waals surface area contributed by atoms with Crippen molar-refractivity contribution < 1.29 is 14.3 Å². The van der Waals surface area contributed by atoms with Crippen LogP contribution in [-0.2, 0) is 14.3 Å². The van der Waals surface area contributed by atoms with Crippen LogP contribution in [0.1, 0.15) is 6.92 Å². The van der Waals surface area contributed by atoms with Crippen molar-refractivity contribution in [3.8, 4) is 5.69 Å². The number of hydrogen-bond donors (Lipinski definition) is 0. The monoisotopic (exact) mass is 398 g/mol. The average molecular weight is 399 g/mol. The first-order valence-electron chi connectivity index (χ1n) is 8.11. The van der Waals surface area contributed by atoms with E-state index in [9.17, 15) is 4.79 Å². The third-order valence-electron chi connectivity index (χ3n) is 3.62. The minimum absolute atomic E-state index is 0.0204. The number of rotatable bonds is 10. The molecule has 7 nitrogen and oxygen atoms in total. The van der Waals surface area contributed by atoms with Crippen LogP contribution in [0.3, 0.4) is 0 Å². The van der Waals surface area contributed by atoms with E-state index in [1.807, 2.05) is 25.3 Å².